The van der Waals surface area contributed by atoms with Crippen LogP contribution in [0, 0.1) is 0 Å². The van der Waals surface area contributed by atoms with Crippen molar-refractivity contribution in [1.82, 2.24) is 15.0 Å². The molecule has 0 aliphatic rings. The molecule has 1 aromatic carbocycles. The van der Waals surface area contributed by atoms with Crippen molar-refractivity contribution in [2.75, 3.05) is 36.9 Å². The quantitative estimate of drug-likeness (QED) is 0.578. The Balaban J connectivity index is 2.29. The average molecular weight is 275 g/mol. The van der Waals surface area contributed by atoms with Crippen LogP contribution in [0.15, 0.2) is 30.3 Å². The first-order valence-corrected chi connectivity index (χ1v) is 6.34. The molecule has 1 aromatic heterocycles. The highest BCUT2D eigenvalue weighted by Gasteiger charge is 2.07. The summed E-state index contributed by atoms with van der Waals surface area (Å²) in [6.07, 6.45) is 0. The zero-order valence-electron chi connectivity index (χ0n) is 11.0. The lowest BCUT2D eigenvalue weighted by Crippen LogP contribution is -2.14. The number of aromatic nitrogens is 3. The Morgan fingerprint density at radius 3 is 1.85 bits per heavy atom. The van der Waals surface area contributed by atoms with E-state index in [0.29, 0.717) is 30.8 Å². The fourth-order valence-electron chi connectivity index (χ4n) is 1.59. The van der Waals surface area contributed by atoms with E-state index in [4.69, 9.17) is 10.2 Å². The highest BCUT2D eigenvalue weighted by atomic mass is 16.3. The third-order valence-electron chi connectivity index (χ3n) is 2.46. The largest absolute Gasteiger partial charge is 0.395 e. The van der Waals surface area contributed by atoms with Crippen molar-refractivity contribution in [2.24, 2.45) is 0 Å². The molecule has 0 fully saturated rings. The van der Waals surface area contributed by atoms with Gasteiger partial charge in [-0.1, -0.05) is 30.3 Å². The van der Waals surface area contributed by atoms with Gasteiger partial charge in [0.15, 0.2) is 5.82 Å². The molecule has 7 heteroatoms. The maximum Gasteiger partial charge on any atom is 0.228 e. The second kappa shape index (κ2) is 7.37. The lowest BCUT2D eigenvalue weighted by molar-refractivity contribution is 0.310. The smallest absolute Gasteiger partial charge is 0.228 e. The molecule has 0 spiro atoms. The first-order valence-electron chi connectivity index (χ1n) is 6.34. The van der Waals surface area contributed by atoms with Gasteiger partial charge in [-0.25, -0.2) is 0 Å². The summed E-state index contributed by atoms with van der Waals surface area (Å²) in [5, 5.41) is 23.5. The number of aliphatic hydroxyl groups excluding tert-OH is 2. The number of rotatable bonds is 7. The van der Waals surface area contributed by atoms with Crippen LogP contribution in [0.1, 0.15) is 0 Å². The number of benzene rings is 1. The van der Waals surface area contributed by atoms with Crippen LogP contribution < -0.4 is 10.6 Å². The third kappa shape index (κ3) is 3.87. The second-order valence-corrected chi connectivity index (χ2v) is 3.97. The Hall–Kier alpha value is -2.25. The molecular formula is C13H17N5O2. The monoisotopic (exact) mass is 275 g/mol. The molecule has 0 bridgehead atoms. The highest BCUT2D eigenvalue weighted by molar-refractivity contribution is 5.57. The van der Waals surface area contributed by atoms with Crippen molar-refractivity contribution >= 4 is 11.9 Å². The highest BCUT2D eigenvalue weighted by Crippen LogP contribution is 2.17. The lowest BCUT2D eigenvalue weighted by atomic mass is 10.2. The molecule has 20 heavy (non-hydrogen) atoms. The molecule has 7 nitrogen and oxygen atoms in total. The first-order chi connectivity index (χ1) is 9.83. The fraction of sp³-hybridized carbons (Fsp3) is 0.308. The molecule has 0 unspecified atom stereocenters. The standard InChI is InChI=1S/C13H17N5O2/c19-8-6-14-12-16-11(10-4-2-1-3-5-10)17-13(18-12)15-7-9-20/h1-5,19-20H,6-9H2,(H2,14,15,16,17,18). The maximum absolute atomic E-state index is 8.84. The van der Waals surface area contributed by atoms with Crippen LogP contribution in [0.5, 0.6) is 0 Å². The molecule has 0 atom stereocenters. The van der Waals surface area contributed by atoms with Crippen molar-refractivity contribution in [1.29, 1.82) is 0 Å². The summed E-state index contributed by atoms with van der Waals surface area (Å²) in [5.41, 5.74) is 0.869. The van der Waals surface area contributed by atoms with Crippen LogP contribution in [-0.4, -0.2) is 51.5 Å². The topological polar surface area (TPSA) is 103 Å². The van der Waals surface area contributed by atoms with E-state index in [0.717, 1.165) is 5.56 Å². The van der Waals surface area contributed by atoms with Gasteiger partial charge in [-0.05, 0) is 0 Å². The van der Waals surface area contributed by atoms with Crippen molar-refractivity contribution in [2.45, 2.75) is 0 Å². The predicted octanol–water partition coefficient (Wildman–Crippen LogP) is 0.347. The van der Waals surface area contributed by atoms with Crippen LogP contribution in [0.3, 0.4) is 0 Å². The Labute approximate surface area is 116 Å². The van der Waals surface area contributed by atoms with Gasteiger partial charge in [-0.2, -0.15) is 15.0 Å². The number of hydrogen-bond acceptors (Lipinski definition) is 7. The fourth-order valence-corrected chi connectivity index (χ4v) is 1.59. The van der Waals surface area contributed by atoms with Crippen molar-refractivity contribution in [3.63, 3.8) is 0 Å². The summed E-state index contributed by atoms with van der Waals surface area (Å²) in [6, 6.07) is 9.53. The molecular weight excluding hydrogens is 258 g/mol. The van der Waals surface area contributed by atoms with Crippen LogP contribution in [0.4, 0.5) is 11.9 Å². The minimum Gasteiger partial charge on any atom is -0.395 e. The van der Waals surface area contributed by atoms with E-state index in [1.54, 1.807) is 0 Å². The van der Waals surface area contributed by atoms with Crippen LogP contribution >= 0.6 is 0 Å². The van der Waals surface area contributed by atoms with Crippen LogP contribution in [-0.2, 0) is 0 Å². The molecule has 2 rings (SSSR count). The number of aliphatic hydroxyl groups is 2. The average Bonchev–Trinajstić information content (AvgIpc) is 2.51. The Bertz CT molecular complexity index is 509. The summed E-state index contributed by atoms with van der Waals surface area (Å²) in [7, 11) is 0. The predicted molar refractivity (Wildman–Crippen MR) is 76.4 cm³/mol. The minimum absolute atomic E-state index is 0.00818. The molecule has 0 saturated heterocycles. The second-order valence-electron chi connectivity index (χ2n) is 3.97. The van der Waals surface area contributed by atoms with E-state index >= 15 is 0 Å². The number of hydrogen-bond donors (Lipinski definition) is 4. The van der Waals surface area contributed by atoms with Crippen LogP contribution in [0.2, 0.25) is 0 Å². The van der Waals surface area contributed by atoms with E-state index in [1.165, 1.54) is 0 Å². The van der Waals surface area contributed by atoms with Gasteiger partial charge in [-0.3, -0.25) is 0 Å². The van der Waals surface area contributed by atoms with Gasteiger partial charge in [-0.15, -0.1) is 0 Å². The van der Waals surface area contributed by atoms with Gasteiger partial charge in [0.1, 0.15) is 0 Å². The van der Waals surface area contributed by atoms with E-state index in [9.17, 15) is 0 Å². The molecule has 2 aromatic rings. The normalized spacial score (nSPS) is 10.3. The Morgan fingerprint density at radius 1 is 0.800 bits per heavy atom. The van der Waals surface area contributed by atoms with Crippen LogP contribution in [0.25, 0.3) is 11.4 Å². The summed E-state index contributed by atoms with van der Waals surface area (Å²) in [6.45, 7) is 0.701. The van der Waals surface area contributed by atoms with Gasteiger partial charge < -0.3 is 20.8 Å². The van der Waals surface area contributed by atoms with E-state index in [1.807, 2.05) is 30.3 Å². The first kappa shape index (κ1) is 14.2. The molecule has 0 aliphatic heterocycles. The summed E-state index contributed by atoms with van der Waals surface area (Å²) >= 11 is 0. The number of nitrogens with zero attached hydrogens (tertiary/aromatic N) is 3. The molecule has 0 aliphatic carbocycles. The molecule has 0 amide bonds. The molecule has 1 heterocycles. The van der Waals surface area contributed by atoms with Gasteiger partial charge >= 0.3 is 0 Å². The molecule has 0 radical (unpaired) electrons. The Morgan fingerprint density at radius 2 is 1.35 bits per heavy atom. The van der Waals surface area contributed by atoms with Gasteiger partial charge in [0.05, 0.1) is 13.2 Å². The number of anilines is 2. The van der Waals surface area contributed by atoms with Gasteiger partial charge in [0.2, 0.25) is 11.9 Å². The van der Waals surface area contributed by atoms with Gasteiger partial charge in [0, 0.05) is 18.7 Å². The molecule has 106 valence electrons. The number of nitrogens with one attached hydrogen (secondary N) is 2. The zero-order chi connectivity index (χ0) is 14.2. The third-order valence-corrected chi connectivity index (χ3v) is 2.46. The zero-order valence-corrected chi connectivity index (χ0v) is 11.0. The van der Waals surface area contributed by atoms with Gasteiger partial charge in [0.25, 0.3) is 0 Å². The van der Waals surface area contributed by atoms with Crippen molar-refractivity contribution in [3.8, 4) is 11.4 Å². The molecule has 4 N–H and O–H groups in total. The lowest BCUT2D eigenvalue weighted by Gasteiger charge is -2.09. The molecule has 0 saturated carbocycles. The SMILES string of the molecule is OCCNc1nc(NCCO)nc(-c2ccccc2)n1. The summed E-state index contributed by atoms with van der Waals surface area (Å²) in [5.74, 6) is 1.29. The van der Waals surface area contributed by atoms with Crippen molar-refractivity contribution in [3.05, 3.63) is 30.3 Å². The van der Waals surface area contributed by atoms with E-state index in [-0.39, 0.29) is 13.2 Å². The summed E-state index contributed by atoms with van der Waals surface area (Å²) in [4.78, 5) is 12.8. The van der Waals surface area contributed by atoms with Crippen molar-refractivity contribution < 1.29 is 10.2 Å². The van der Waals surface area contributed by atoms with E-state index < -0.39 is 0 Å². The maximum atomic E-state index is 8.84. The van der Waals surface area contributed by atoms with E-state index in [2.05, 4.69) is 25.6 Å². The minimum atomic E-state index is -0.00818. The summed E-state index contributed by atoms with van der Waals surface area (Å²) < 4.78 is 0. The Kier molecular flexibility index (Phi) is 5.22.